The Morgan fingerprint density at radius 3 is 2.42 bits per heavy atom. The van der Waals surface area contributed by atoms with E-state index in [0.29, 0.717) is 0 Å². The Bertz CT molecular complexity index is 791. The predicted octanol–water partition coefficient (Wildman–Crippen LogP) is 5.00. The third-order valence-corrected chi connectivity index (χ3v) is 5.18. The van der Waals surface area contributed by atoms with Gasteiger partial charge >= 0.3 is 0 Å². The van der Waals surface area contributed by atoms with Gasteiger partial charge in [-0.05, 0) is 50.5 Å². The predicted molar refractivity (Wildman–Crippen MR) is 100 cm³/mol. The zero-order chi connectivity index (χ0) is 17.5. The molecule has 1 heterocycles. The van der Waals surface area contributed by atoms with E-state index in [1.54, 1.807) is 0 Å². The zero-order valence-corrected chi connectivity index (χ0v) is 15.0. The minimum atomic E-state index is -0.294. The van der Waals surface area contributed by atoms with Crippen LogP contribution in [0.2, 0.25) is 0 Å². The molecule has 2 aromatic carbocycles. The van der Waals surface area contributed by atoms with Crippen LogP contribution in [-0.2, 0) is 10.2 Å². The normalized spacial score (nSPS) is 21.9. The molecule has 0 aliphatic carbocycles. The second-order valence-corrected chi connectivity index (χ2v) is 7.59. The van der Waals surface area contributed by atoms with Gasteiger partial charge < -0.3 is 4.90 Å². The van der Waals surface area contributed by atoms with Crippen molar-refractivity contribution in [2.45, 2.75) is 45.1 Å². The van der Waals surface area contributed by atoms with Gasteiger partial charge in [-0.1, -0.05) is 61.5 Å². The average molecular weight is 319 g/mol. The molecule has 1 amide bonds. The molecule has 0 aromatic heterocycles. The molecule has 0 saturated heterocycles. The summed E-state index contributed by atoms with van der Waals surface area (Å²) in [6, 6.07) is 17.0. The number of nitrogens with zero attached hydrogens (tertiary/aromatic N) is 1. The summed E-state index contributed by atoms with van der Waals surface area (Å²) >= 11 is 0. The van der Waals surface area contributed by atoms with Gasteiger partial charge in [0.05, 0.1) is 0 Å². The lowest BCUT2D eigenvalue weighted by Gasteiger charge is -2.51. The van der Waals surface area contributed by atoms with Gasteiger partial charge in [-0.3, -0.25) is 4.79 Å². The van der Waals surface area contributed by atoms with Crippen molar-refractivity contribution in [1.29, 1.82) is 0 Å². The molecular formula is C22H25NO. The fourth-order valence-corrected chi connectivity index (χ4v) is 4.22. The average Bonchev–Trinajstić information content (AvgIpc) is 2.55. The standard InChI is InChI=1S/C22H25NO/c1-6-20(24)23-19-13-12-16(2)14-18(19)22(5,15-21(23,3)4)17-10-8-7-9-11-17/h6-14H,1,15H2,2-5H3/t22-/m0/s1. The first kappa shape index (κ1) is 16.5. The topological polar surface area (TPSA) is 20.3 Å². The maximum absolute atomic E-state index is 12.6. The highest BCUT2D eigenvalue weighted by atomic mass is 16.2. The van der Waals surface area contributed by atoms with E-state index in [1.165, 1.54) is 22.8 Å². The van der Waals surface area contributed by atoms with E-state index in [4.69, 9.17) is 0 Å². The molecule has 1 aliphatic heterocycles. The maximum Gasteiger partial charge on any atom is 0.250 e. The lowest BCUT2D eigenvalue weighted by Crippen LogP contribution is -2.55. The van der Waals surface area contributed by atoms with Crippen LogP contribution in [0.3, 0.4) is 0 Å². The second-order valence-electron chi connectivity index (χ2n) is 7.59. The number of aryl methyl sites for hydroxylation is 1. The van der Waals surface area contributed by atoms with Crippen LogP contribution in [0.4, 0.5) is 5.69 Å². The summed E-state index contributed by atoms with van der Waals surface area (Å²) in [5, 5.41) is 0. The Kier molecular flexibility index (Phi) is 3.87. The molecule has 0 bridgehead atoms. The molecular weight excluding hydrogens is 294 g/mol. The lowest BCUT2D eigenvalue weighted by molar-refractivity contribution is -0.115. The van der Waals surface area contributed by atoms with Crippen molar-refractivity contribution < 1.29 is 4.79 Å². The number of rotatable bonds is 2. The molecule has 1 aliphatic rings. The Morgan fingerprint density at radius 1 is 1.12 bits per heavy atom. The van der Waals surface area contributed by atoms with E-state index in [2.05, 4.69) is 76.7 Å². The van der Waals surface area contributed by atoms with Crippen molar-refractivity contribution in [2.24, 2.45) is 0 Å². The Labute approximate surface area is 144 Å². The highest BCUT2D eigenvalue weighted by Gasteiger charge is 2.47. The summed E-state index contributed by atoms with van der Waals surface area (Å²) in [6.07, 6.45) is 2.27. The van der Waals surface area contributed by atoms with Gasteiger partial charge in [-0.15, -0.1) is 0 Å². The fraction of sp³-hybridized carbons (Fsp3) is 0.318. The molecule has 0 fully saturated rings. The Balaban J connectivity index is 2.30. The summed E-state index contributed by atoms with van der Waals surface area (Å²) in [5.74, 6) is -0.0415. The van der Waals surface area contributed by atoms with Gasteiger partial charge in [-0.25, -0.2) is 0 Å². The van der Waals surface area contributed by atoms with E-state index in [-0.39, 0.29) is 16.9 Å². The van der Waals surface area contributed by atoms with Crippen LogP contribution in [0, 0.1) is 6.92 Å². The second kappa shape index (κ2) is 5.62. The van der Waals surface area contributed by atoms with Crippen molar-refractivity contribution in [3.63, 3.8) is 0 Å². The van der Waals surface area contributed by atoms with Gasteiger partial charge in [0.1, 0.15) is 0 Å². The number of benzene rings is 2. The van der Waals surface area contributed by atoms with Gasteiger partial charge in [0.2, 0.25) is 0 Å². The summed E-state index contributed by atoms with van der Waals surface area (Å²) in [5.41, 5.74) is 4.27. The minimum Gasteiger partial charge on any atom is -0.303 e. The number of carbonyl (C=O) groups is 1. The smallest absolute Gasteiger partial charge is 0.250 e. The first-order valence-corrected chi connectivity index (χ1v) is 8.43. The monoisotopic (exact) mass is 319 g/mol. The fourth-order valence-electron chi connectivity index (χ4n) is 4.22. The number of hydrogen-bond acceptors (Lipinski definition) is 1. The molecule has 2 nitrogen and oxygen atoms in total. The molecule has 3 rings (SSSR count). The molecule has 0 radical (unpaired) electrons. The van der Waals surface area contributed by atoms with Gasteiger partial charge in [-0.2, -0.15) is 0 Å². The number of hydrogen-bond donors (Lipinski definition) is 0. The SMILES string of the molecule is C=CC(=O)N1c2ccc(C)cc2[C@](C)(c2ccccc2)CC1(C)C. The van der Waals surface area contributed by atoms with Crippen LogP contribution in [-0.4, -0.2) is 11.4 Å². The number of anilines is 1. The van der Waals surface area contributed by atoms with E-state index in [1.807, 2.05) is 11.0 Å². The minimum absolute atomic E-state index is 0.0415. The molecule has 0 saturated carbocycles. The third-order valence-electron chi connectivity index (χ3n) is 5.18. The van der Waals surface area contributed by atoms with Crippen LogP contribution in [0.15, 0.2) is 61.2 Å². The number of fused-ring (bicyclic) bond motifs is 1. The quantitative estimate of drug-likeness (QED) is 0.713. The molecule has 0 N–H and O–H groups in total. The Morgan fingerprint density at radius 2 is 1.79 bits per heavy atom. The molecule has 2 heteroatoms. The Hall–Kier alpha value is -2.35. The highest BCUT2D eigenvalue weighted by molar-refractivity contribution is 6.03. The summed E-state index contributed by atoms with van der Waals surface area (Å²) in [6.45, 7) is 12.4. The van der Waals surface area contributed by atoms with Crippen LogP contribution >= 0.6 is 0 Å². The summed E-state index contributed by atoms with van der Waals surface area (Å²) in [7, 11) is 0. The van der Waals surface area contributed by atoms with Crippen LogP contribution in [0.1, 0.15) is 43.9 Å². The zero-order valence-electron chi connectivity index (χ0n) is 15.0. The molecule has 0 spiro atoms. The highest BCUT2D eigenvalue weighted by Crippen LogP contribution is 2.50. The number of carbonyl (C=O) groups excluding carboxylic acids is 1. The van der Waals surface area contributed by atoms with E-state index < -0.39 is 0 Å². The van der Waals surface area contributed by atoms with Gasteiger partial charge in [0.15, 0.2) is 0 Å². The molecule has 1 atom stereocenters. The van der Waals surface area contributed by atoms with Crippen molar-refractivity contribution in [3.8, 4) is 0 Å². The van der Waals surface area contributed by atoms with Crippen LogP contribution in [0.25, 0.3) is 0 Å². The van der Waals surface area contributed by atoms with Crippen molar-refractivity contribution in [3.05, 3.63) is 77.9 Å². The first-order valence-electron chi connectivity index (χ1n) is 8.43. The molecule has 124 valence electrons. The maximum atomic E-state index is 12.6. The van der Waals surface area contributed by atoms with Crippen LogP contribution in [0.5, 0.6) is 0 Å². The van der Waals surface area contributed by atoms with Gasteiger partial charge in [0, 0.05) is 16.6 Å². The number of amides is 1. The summed E-state index contributed by atoms with van der Waals surface area (Å²) < 4.78 is 0. The van der Waals surface area contributed by atoms with Crippen molar-refractivity contribution in [2.75, 3.05) is 4.90 Å². The van der Waals surface area contributed by atoms with Crippen molar-refractivity contribution in [1.82, 2.24) is 0 Å². The first-order chi connectivity index (χ1) is 11.3. The third kappa shape index (κ3) is 2.47. The van der Waals surface area contributed by atoms with E-state index in [0.717, 1.165) is 12.1 Å². The van der Waals surface area contributed by atoms with E-state index in [9.17, 15) is 4.79 Å². The molecule has 0 unspecified atom stereocenters. The lowest BCUT2D eigenvalue weighted by atomic mass is 9.65. The largest absolute Gasteiger partial charge is 0.303 e. The van der Waals surface area contributed by atoms with Gasteiger partial charge in [0.25, 0.3) is 5.91 Å². The van der Waals surface area contributed by atoms with Crippen LogP contribution < -0.4 is 4.90 Å². The summed E-state index contributed by atoms with van der Waals surface area (Å²) in [4.78, 5) is 14.5. The van der Waals surface area contributed by atoms with E-state index >= 15 is 0 Å². The molecule has 24 heavy (non-hydrogen) atoms. The molecule has 2 aromatic rings. The van der Waals surface area contributed by atoms with Crippen molar-refractivity contribution >= 4 is 11.6 Å².